The lowest BCUT2D eigenvalue weighted by atomic mass is 10.1. The summed E-state index contributed by atoms with van der Waals surface area (Å²) in [5.41, 5.74) is 5.66. The number of morpholine rings is 1. The van der Waals surface area contributed by atoms with Gasteiger partial charge in [-0.25, -0.2) is 24.2 Å². The molecule has 0 aliphatic carbocycles. The van der Waals surface area contributed by atoms with Gasteiger partial charge in [0.25, 0.3) is 5.88 Å². The average Bonchev–Trinajstić information content (AvgIpc) is 3.05. The summed E-state index contributed by atoms with van der Waals surface area (Å²) < 4.78 is 37.4. The molecule has 1 aromatic heterocycles. The number of ether oxygens (including phenoxy) is 4. The van der Waals surface area contributed by atoms with Crippen LogP contribution < -0.4 is 20.5 Å². The number of rotatable bonds is 8. The highest BCUT2D eigenvalue weighted by Crippen LogP contribution is 2.38. The van der Waals surface area contributed by atoms with Crippen molar-refractivity contribution in [2.75, 3.05) is 25.6 Å². The van der Waals surface area contributed by atoms with E-state index in [1.165, 1.54) is 31.9 Å². The Morgan fingerprint density at radius 1 is 1.36 bits per heavy atom. The van der Waals surface area contributed by atoms with Crippen molar-refractivity contribution in [3.8, 4) is 11.6 Å². The summed E-state index contributed by atoms with van der Waals surface area (Å²) in [7, 11) is 1.44. The van der Waals surface area contributed by atoms with Gasteiger partial charge in [0.1, 0.15) is 24.6 Å². The van der Waals surface area contributed by atoms with Crippen LogP contribution in [-0.2, 0) is 9.47 Å². The number of hydrogen-bond donors (Lipinski definition) is 2. The second kappa shape index (κ2) is 11.2. The van der Waals surface area contributed by atoms with Gasteiger partial charge in [-0.3, -0.25) is 4.90 Å². The molecular formula is C23H28FN7O5. The lowest BCUT2D eigenvalue weighted by Gasteiger charge is -2.34. The van der Waals surface area contributed by atoms with Crippen LogP contribution in [-0.4, -0.2) is 78.3 Å². The van der Waals surface area contributed by atoms with E-state index in [9.17, 15) is 9.18 Å². The number of nitrogens with one attached hydrogen (secondary N) is 1. The molecule has 36 heavy (non-hydrogen) atoms. The van der Waals surface area contributed by atoms with E-state index in [1.54, 1.807) is 24.8 Å². The number of methoxy groups -OCH3 is 1. The zero-order valence-corrected chi connectivity index (χ0v) is 20.1. The van der Waals surface area contributed by atoms with E-state index in [4.69, 9.17) is 24.7 Å². The van der Waals surface area contributed by atoms with Gasteiger partial charge in [-0.05, 0) is 26.0 Å². The van der Waals surface area contributed by atoms with Crippen LogP contribution in [0.4, 0.5) is 26.4 Å². The molecule has 2 saturated heterocycles. The third kappa shape index (κ3) is 5.46. The fourth-order valence-electron chi connectivity index (χ4n) is 4.13. The highest BCUT2D eigenvalue weighted by Gasteiger charge is 2.49. The van der Waals surface area contributed by atoms with Crippen molar-refractivity contribution in [3.05, 3.63) is 30.3 Å². The minimum absolute atomic E-state index is 0.145. The summed E-state index contributed by atoms with van der Waals surface area (Å²) in [6, 6.07) is 3.82. The highest BCUT2D eigenvalue weighted by atomic mass is 19.1. The molecule has 2 aromatic rings. The first-order chi connectivity index (χ1) is 17.4. The number of nitrogens with zero attached hydrogens (tertiary/aromatic N) is 5. The number of anilines is 2. The SMILES string of the molecule is COc1c(Nc2ccc(N=CN=CN)cc2F)ncnc1OC1CC2COCC1N2C(=O)OC(C)C. The molecule has 3 unspecified atom stereocenters. The molecule has 0 radical (unpaired) electrons. The Balaban J connectivity index is 1.52. The second-order valence-electron chi connectivity index (χ2n) is 8.38. The lowest BCUT2D eigenvalue weighted by Crippen LogP contribution is -2.52. The molecule has 3 N–H and O–H groups in total. The van der Waals surface area contributed by atoms with Gasteiger partial charge in [-0.15, -0.1) is 0 Å². The molecule has 0 spiro atoms. The molecule has 2 aliphatic heterocycles. The van der Waals surface area contributed by atoms with Crippen LogP contribution in [0.1, 0.15) is 20.3 Å². The van der Waals surface area contributed by atoms with Gasteiger partial charge in [-0.1, -0.05) is 0 Å². The smallest absolute Gasteiger partial charge is 0.410 e. The molecule has 1 aromatic carbocycles. The van der Waals surface area contributed by atoms with E-state index < -0.39 is 18.0 Å². The molecule has 4 rings (SSSR count). The molecule has 1 amide bonds. The largest absolute Gasteiger partial charge is 0.489 e. The van der Waals surface area contributed by atoms with Crippen molar-refractivity contribution in [1.82, 2.24) is 14.9 Å². The molecule has 192 valence electrons. The molecule has 13 heteroatoms. The molecule has 12 nitrogen and oxygen atoms in total. The van der Waals surface area contributed by atoms with E-state index in [0.717, 1.165) is 6.34 Å². The summed E-state index contributed by atoms with van der Waals surface area (Å²) in [6.45, 7) is 4.31. The van der Waals surface area contributed by atoms with E-state index in [1.807, 2.05) is 0 Å². The number of carbonyl (C=O) groups excluding carboxylic acids is 1. The average molecular weight is 502 g/mol. The maximum Gasteiger partial charge on any atom is 0.410 e. The van der Waals surface area contributed by atoms with Crippen LogP contribution in [0.3, 0.4) is 0 Å². The Labute approximate surface area is 207 Å². The normalized spacial score (nSPS) is 21.4. The highest BCUT2D eigenvalue weighted by molar-refractivity contribution is 5.73. The van der Waals surface area contributed by atoms with Gasteiger partial charge in [0, 0.05) is 12.5 Å². The summed E-state index contributed by atoms with van der Waals surface area (Å²) in [6.07, 6.45) is 3.07. The Morgan fingerprint density at radius 2 is 2.19 bits per heavy atom. The topological polar surface area (TPSA) is 146 Å². The first-order valence-electron chi connectivity index (χ1n) is 11.4. The van der Waals surface area contributed by atoms with Crippen molar-refractivity contribution in [2.45, 2.75) is 44.6 Å². The maximum atomic E-state index is 14.7. The summed E-state index contributed by atoms with van der Waals surface area (Å²) in [5, 5.41) is 2.90. The van der Waals surface area contributed by atoms with Gasteiger partial charge in [-0.2, -0.15) is 4.98 Å². The van der Waals surface area contributed by atoms with Crippen molar-refractivity contribution in [3.63, 3.8) is 0 Å². The van der Waals surface area contributed by atoms with Crippen molar-refractivity contribution in [1.29, 1.82) is 0 Å². The number of aromatic nitrogens is 2. The van der Waals surface area contributed by atoms with Crippen LogP contribution in [0, 0.1) is 5.82 Å². The van der Waals surface area contributed by atoms with Crippen molar-refractivity contribution >= 4 is 36.0 Å². The fraction of sp³-hybridized carbons (Fsp3) is 0.435. The minimum atomic E-state index is -0.564. The molecular weight excluding hydrogens is 473 g/mol. The molecule has 0 saturated carbocycles. The number of halogens is 1. The van der Waals surface area contributed by atoms with Crippen molar-refractivity contribution in [2.24, 2.45) is 15.7 Å². The van der Waals surface area contributed by atoms with Crippen molar-refractivity contribution < 1.29 is 28.1 Å². The molecule has 2 aliphatic rings. The zero-order valence-electron chi connectivity index (χ0n) is 20.1. The predicted octanol–water partition coefficient (Wildman–Crippen LogP) is 2.78. The quantitative estimate of drug-likeness (QED) is 0.412. The lowest BCUT2D eigenvalue weighted by molar-refractivity contribution is -0.0319. The maximum absolute atomic E-state index is 14.7. The third-order valence-electron chi connectivity index (χ3n) is 5.63. The van der Waals surface area contributed by atoms with E-state index >= 15 is 0 Å². The molecule has 3 heterocycles. The van der Waals surface area contributed by atoms with Crippen LogP contribution in [0.25, 0.3) is 0 Å². The number of carbonyl (C=O) groups is 1. The Kier molecular flexibility index (Phi) is 7.78. The third-order valence-corrected chi connectivity index (χ3v) is 5.63. The zero-order chi connectivity index (χ0) is 25.7. The number of hydrogen-bond acceptors (Lipinski definition) is 9. The van der Waals surface area contributed by atoms with Crippen LogP contribution >= 0.6 is 0 Å². The van der Waals surface area contributed by atoms with Gasteiger partial charge in [0.2, 0.25) is 5.75 Å². The van der Waals surface area contributed by atoms with Crippen LogP contribution in [0.5, 0.6) is 11.6 Å². The molecule has 3 atom stereocenters. The van der Waals surface area contributed by atoms with Gasteiger partial charge >= 0.3 is 6.09 Å². The number of amides is 1. The number of aliphatic imine (C=N–C) groups is 2. The summed E-state index contributed by atoms with van der Waals surface area (Å²) >= 11 is 0. The summed E-state index contributed by atoms with van der Waals surface area (Å²) in [5.74, 6) is -0.00909. The first kappa shape index (κ1) is 25.1. The second-order valence-corrected chi connectivity index (χ2v) is 8.38. The van der Waals surface area contributed by atoms with Gasteiger partial charge in [0.05, 0.1) is 56.2 Å². The summed E-state index contributed by atoms with van der Waals surface area (Å²) in [4.78, 5) is 30.4. The Morgan fingerprint density at radius 3 is 2.92 bits per heavy atom. The minimum Gasteiger partial charge on any atom is -0.489 e. The number of benzene rings is 1. The van der Waals surface area contributed by atoms with E-state index in [-0.39, 0.29) is 41.3 Å². The number of fused-ring (bicyclic) bond motifs is 2. The first-order valence-corrected chi connectivity index (χ1v) is 11.4. The van der Waals surface area contributed by atoms with Gasteiger partial charge < -0.3 is 30.0 Å². The number of nitrogens with two attached hydrogens (primary N) is 1. The monoisotopic (exact) mass is 501 g/mol. The van der Waals surface area contributed by atoms with E-state index in [2.05, 4.69) is 25.3 Å². The van der Waals surface area contributed by atoms with Crippen LogP contribution in [0.2, 0.25) is 0 Å². The molecule has 2 fully saturated rings. The van der Waals surface area contributed by atoms with Crippen LogP contribution in [0.15, 0.2) is 34.5 Å². The van der Waals surface area contributed by atoms with E-state index in [0.29, 0.717) is 25.3 Å². The van der Waals surface area contributed by atoms with Gasteiger partial charge in [0.15, 0.2) is 5.82 Å². The fourth-order valence-corrected chi connectivity index (χ4v) is 4.13. The Bertz CT molecular complexity index is 1150. The predicted molar refractivity (Wildman–Crippen MR) is 130 cm³/mol. The standard InChI is InChI=1S/C23H28FN7O5/c1-13(2)35-23(32)31-15-7-19(18(31)9-34-8-15)36-22-20(33-3)21(28-12-29-22)30-17-5-4-14(6-16(17)24)27-11-26-10-25/h4-6,10-13,15,18-19H,7-9H2,1-3H3,(H2,25,26,27)(H,28,29,30). The Hall–Kier alpha value is -4.00. The molecule has 2 bridgehead atoms.